The van der Waals surface area contributed by atoms with Crippen LogP contribution in [0.15, 0.2) is 29.2 Å². The monoisotopic (exact) mass is 294 g/mol. The van der Waals surface area contributed by atoms with E-state index in [0.717, 1.165) is 17.7 Å². The molecule has 0 radical (unpaired) electrons. The third-order valence-electron chi connectivity index (χ3n) is 3.43. The van der Waals surface area contributed by atoms with Crippen molar-refractivity contribution in [1.82, 2.24) is 5.32 Å². The number of carbonyl (C=O) groups is 1. The Morgan fingerprint density at radius 1 is 1.35 bits per heavy atom. The topological polar surface area (TPSA) is 72.2 Å². The van der Waals surface area contributed by atoms with E-state index in [4.69, 9.17) is 0 Å². The van der Waals surface area contributed by atoms with Gasteiger partial charge < -0.3 is 5.32 Å². The predicted octanol–water partition coefficient (Wildman–Crippen LogP) is 3.13. The van der Waals surface area contributed by atoms with E-state index in [-0.39, 0.29) is 16.8 Å². The zero-order valence-electron chi connectivity index (χ0n) is 11.4. The van der Waals surface area contributed by atoms with Gasteiger partial charge in [-0.2, -0.15) is 0 Å². The maximum atomic E-state index is 12.0. The van der Waals surface area contributed by atoms with Crippen LogP contribution >= 0.6 is 11.8 Å². The average Bonchev–Trinajstić information content (AvgIpc) is 2.92. The number of hydrogen-bond acceptors (Lipinski definition) is 4. The van der Waals surface area contributed by atoms with E-state index in [1.54, 1.807) is 12.1 Å². The van der Waals surface area contributed by atoms with Crippen LogP contribution in [-0.4, -0.2) is 22.1 Å². The standard InChI is InChI=1S/C14H18N2O3S/c1-10(14(17)15-11-4-2-3-5-11)20-13-8-6-12(7-9-13)16(18)19/h6-11H,2-5H2,1H3,(H,15,17)/t10-/m1/s1. The highest BCUT2D eigenvalue weighted by molar-refractivity contribution is 8.00. The Hall–Kier alpha value is -1.56. The minimum Gasteiger partial charge on any atom is -0.352 e. The largest absolute Gasteiger partial charge is 0.352 e. The van der Waals surface area contributed by atoms with Gasteiger partial charge in [-0.15, -0.1) is 11.8 Å². The molecule has 0 aromatic heterocycles. The summed E-state index contributed by atoms with van der Waals surface area (Å²) in [5, 5.41) is 13.4. The normalized spacial score (nSPS) is 16.9. The van der Waals surface area contributed by atoms with Crippen LogP contribution in [-0.2, 0) is 4.79 Å². The lowest BCUT2D eigenvalue weighted by molar-refractivity contribution is -0.384. The van der Waals surface area contributed by atoms with Crippen molar-refractivity contribution in [1.29, 1.82) is 0 Å². The van der Waals surface area contributed by atoms with E-state index >= 15 is 0 Å². The predicted molar refractivity (Wildman–Crippen MR) is 78.8 cm³/mol. The minimum atomic E-state index is -0.426. The van der Waals surface area contributed by atoms with Gasteiger partial charge in [0.05, 0.1) is 10.2 Å². The molecule has 5 nitrogen and oxygen atoms in total. The fourth-order valence-electron chi connectivity index (χ4n) is 2.29. The van der Waals surface area contributed by atoms with Crippen LogP contribution in [0.4, 0.5) is 5.69 Å². The summed E-state index contributed by atoms with van der Waals surface area (Å²) in [4.78, 5) is 23.0. The fraction of sp³-hybridized carbons (Fsp3) is 0.500. The maximum absolute atomic E-state index is 12.0. The Kier molecular flexibility index (Phi) is 5.00. The summed E-state index contributed by atoms with van der Waals surface area (Å²) in [6, 6.07) is 6.61. The molecule has 0 saturated heterocycles. The Labute approximate surface area is 122 Å². The lowest BCUT2D eigenvalue weighted by Gasteiger charge is -2.16. The van der Waals surface area contributed by atoms with Gasteiger partial charge in [-0.3, -0.25) is 14.9 Å². The van der Waals surface area contributed by atoms with E-state index in [9.17, 15) is 14.9 Å². The van der Waals surface area contributed by atoms with Crippen LogP contribution in [0.5, 0.6) is 0 Å². The highest BCUT2D eigenvalue weighted by Crippen LogP contribution is 2.26. The van der Waals surface area contributed by atoms with Crippen molar-refractivity contribution in [3.05, 3.63) is 34.4 Å². The van der Waals surface area contributed by atoms with E-state index in [0.29, 0.717) is 6.04 Å². The van der Waals surface area contributed by atoms with Crippen molar-refractivity contribution in [2.45, 2.75) is 48.8 Å². The SMILES string of the molecule is C[C@@H](Sc1ccc([N+](=O)[O-])cc1)C(=O)NC1CCCC1. The quantitative estimate of drug-likeness (QED) is 0.514. The van der Waals surface area contributed by atoms with Gasteiger partial charge in [0.2, 0.25) is 5.91 Å². The van der Waals surface area contributed by atoms with Crippen molar-refractivity contribution in [3.8, 4) is 0 Å². The minimum absolute atomic E-state index is 0.0419. The van der Waals surface area contributed by atoms with Gasteiger partial charge in [0.25, 0.3) is 5.69 Å². The van der Waals surface area contributed by atoms with Crippen LogP contribution in [0.3, 0.4) is 0 Å². The van der Waals surface area contributed by atoms with Crippen molar-refractivity contribution in [2.75, 3.05) is 0 Å². The van der Waals surface area contributed by atoms with Crippen molar-refractivity contribution in [3.63, 3.8) is 0 Å². The molecule has 108 valence electrons. The first-order chi connectivity index (χ1) is 9.56. The number of hydrogen-bond donors (Lipinski definition) is 1. The lowest BCUT2D eigenvalue weighted by Crippen LogP contribution is -2.37. The van der Waals surface area contributed by atoms with E-state index in [1.807, 2.05) is 6.92 Å². The molecule has 1 aliphatic rings. The van der Waals surface area contributed by atoms with E-state index in [1.165, 1.54) is 36.7 Å². The molecule has 1 fully saturated rings. The second-order valence-electron chi connectivity index (χ2n) is 5.00. The summed E-state index contributed by atoms with van der Waals surface area (Å²) in [6.45, 7) is 1.86. The molecular formula is C14H18N2O3S. The zero-order valence-corrected chi connectivity index (χ0v) is 12.2. The second-order valence-corrected chi connectivity index (χ2v) is 6.42. The van der Waals surface area contributed by atoms with Crippen LogP contribution in [0, 0.1) is 10.1 Å². The smallest absolute Gasteiger partial charge is 0.269 e. The van der Waals surface area contributed by atoms with Crippen LogP contribution in [0.25, 0.3) is 0 Å². The fourth-order valence-corrected chi connectivity index (χ4v) is 3.17. The maximum Gasteiger partial charge on any atom is 0.269 e. The number of non-ortho nitro benzene ring substituents is 1. The van der Waals surface area contributed by atoms with Gasteiger partial charge in [0.15, 0.2) is 0 Å². The van der Waals surface area contributed by atoms with Gasteiger partial charge in [-0.05, 0) is 31.9 Å². The Balaban J connectivity index is 1.87. The zero-order chi connectivity index (χ0) is 14.5. The Morgan fingerprint density at radius 3 is 2.50 bits per heavy atom. The number of rotatable bonds is 5. The van der Waals surface area contributed by atoms with E-state index in [2.05, 4.69) is 5.32 Å². The number of carbonyl (C=O) groups excluding carboxylic acids is 1. The molecule has 0 unspecified atom stereocenters. The molecule has 2 rings (SSSR count). The van der Waals surface area contributed by atoms with Crippen LogP contribution < -0.4 is 5.32 Å². The molecule has 0 bridgehead atoms. The first-order valence-corrected chi connectivity index (χ1v) is 7.65. The number of benzene rings is 1. The molecule has 0 spiro atoms. The third kappa shape index (κ3) is 3.96. The number of nitro benzene ring substituents is 1. The number of nitrogens with zero attached hydrogens (tertiary/aromatic N) is 1. The third-order valence-corrected chi connectivity index (χ3v) is 4.54. The average molecular weight is 294 g/mol. The van der Waals surface area contributed by atoms with E-state index < -0.39 is 4.92 Å². The van der Waals surface area contributed by atoms with Gasteiger partial charge in [-0.1, -0.05) is 12.8 Å². The Morgan fingerprint density at radius 2 is 1.95 bits per heavy atom. The highest BCUT2D eigenvalue weighted by Gasteiger charge is 2.21. The molecule has 1 saturated carbocycles. The number of thioether (sulfide) groups is 1. The summed E-state index contributed by atoms with van der Waals surface area (Å²) >= 11 is 1.42. The highest BCUT2D eigenvalue weighted by atomic mass is 32.2. The molecule has 0 heterocycles. The molecule has 1 atom stereocenters. The summed E-state index contributed by atoms with van der Waals surface area (Å²) in [6.07, 6.45) is 4.52. The first kappa shape index (κ1) is 14.8. The second kappa shape index (κ2) is 6.74. The molecule has 1 aromatic rings. The van der Waals surface area contributed by atoms with Gasteiger partial charge in [0, 0.05) is 23.1 Å². The Bertz CT molecular complexity index is 484. The molecule has 1 aromatic carbocycles. The molecule has 1 aliphatic carbocycles. The van der Waals surface area contributed by atoms with Crippen molar-refractivity contribution >= 4 is 23.4 Å². The number of amides is 1. The van der Waals surface area contributed by atoms with Crippen molar-refractivity contribution in [2.24, 2.45) is 0 Å². The van der Waals surface area contributed by atoms with Crippen LogP contribution in [0.1, 0.15) is 32.6 Å². The molecule has 0 aliphatic heterocycles. The molecule has 1 N–H and O–H groups in total. The number of nitro groups is 1. The summed E-state index contributed by atoms with van der Waals surface area (Å²) in [7, 11) is 0. The first-order valence-electron chi connectivity index (χ1n) is 6.78. The summed E-state index contributed by atoms with van der Waals surface area (Å²) < 4.78 is 0. The molecule has 1 amide bonds. The van der Waals surface area contributed by atoms with Gasteiger partial charge in [-0.25, -0.2) is 0 Å². The van der Waals surface area contributed by atoms with Gasteiger partial charge >= 0.3 is 0 Å². The summed E-state index contributed by atoms with van der Waals surface area (Å²) in [5.74, 6) is 0.0419. The molecule has 6 heteroatoms. The molecular weight excluding hydrogens is 276 g/mol. The number of nitrogens with one attached hydrogen (secondary N) is 1. The van der Waals surface area contributed by atoms with Crippen LogP contribution in [0.2, 0.25) is 0 Å². The van der Waals surface area contributed by atoms with Gasteiger partial charge in [0.1, 0.15) is 0 Å². The summed E-state index contributed by atoms with van der Waals surface area (Å²) in [5.41, 5.74) is 0.0670. The molecule has 20 heavy (non-hydrogen) atoms. The lowest BCUT2D eigenvalue weighted by atomic mass is 10.2. The van der Waals surface area contributed by atoms with Crippen molar-refractivity contribution < 1.29 is 9.72 Å².